The van der Waals surface area contributed by atoms with Gasteiger partial charge in [0.05, 0.1) is 6.61 Å². The van der Waals surface area contributed by atoms with E-state index in [0.29, 0.717) is 19.8 Å². The van der Waals surface area contributed by atoms with Crippen molar-refractivity contribution in [2.45, 2.75) is 26.2 Å². The summed E-state index contributed by atoms with van der Waals surface area (Å²) in [6.45, 7) is 4.88. The van der Waals surface area contributed by atoms with E-state index in [4.69, 9.17) is 15.2 Å². The van der Waals surface area contributed by atoms with Gasteiger partial charge in [-0.3, -0.25) is 0 Å². The second-order valence-corrected chi connectivity index (χ2v) is 3.96. The molecule has 3 nitrogen and oxygen atoms in total. The fraction of sp³-hybridized carbons (Fsp3) is 0.571. The van der Waals surface area contributed by atoms with Gasteiger partial charge in [-0.2, -0.15) is 0 Å². The monoisotopic (exact) mass is 237 g/mol. The van der Waals surface area contributed by atoms with E-state index in [0.717, 1.165) is 25.2 Å². The average molecular weight is 237 g/mol. The van der Waals surface area contributed by atoms with Gasteiger partial charge in [-0.25, -0.2) is 0 Å². The molecule has 1 aromatic rings. The highest BCUT2D eigenvalue weighted by Gasteiger charge is 2.01. The van der Waals surface area contributed by atoms with Crippen molar-refractivity contribution in [1.82, 2.24) is 0 Å². The Hall–Kier alpha value is -1.06. The molecule has 0 fully saturated rings. The molecule has 0 atom stereocenters. The molecule has 0 aliphatic rings. The van der Waals surface area contributed by atoms with Gasteiger partial charge in [0.1, 0.15) is 12.4 Å². The third-order valence-electron chi connectivity index (χ3n) is 2.51. The molecule has 17 heavy (non-hydrogen) atoms. The fourth-order valence-corrected chi connectivity index (χ4v) is 1.57. The van der Waals surface area contributed by atoms with Gasteiger partial charge in [0.2, 0.25) is 0 Å². The lowest BCUT2D eigenvalue weighted by atomic mass is 10.1. The largest absolute Gasteiger partial charge is 0.491 e. The second kappa shape index (κ2) is 9.02. The number of rotatable bonds is 9. The highest BCUT2D eigenvalue weighted by atomic mass is 16.5. The molecule has 1 rings (SSSR count). The van der Waals surface area contributed by atoms with Crippen molar-refractivity contribution in [1.29, 1.82) is 0 Å². The first kappa shape index (κ1) is 14.0. The summed E-state index contributed by atoms with van der Waals surface area (Å²) in [7, 11) is 0. The number of benzene rings is 1. The van der Waals surface area contributed by atoms with Crippen LogP contribution in [0.4, 0.5) is 0 Å². The first-order valence-corrected chi connectivity index (χ1v) is 6.37. The van der Waals surface area contributed by atoms with Crippen molar-refractivity contribution in [3.05, 3.63) is 29.8 Å². The minimum atomic E-state index is 0.602. The van der Waals surface area contributed by atoms with Crippen LogP contribution in [0.2, 0.25) is 0 Å². The van der Waals surface area contributed by atoms with Crippen LogP contribution in [0, 0.1) is 0 Å². The van der Waals surface area contributed by atoms with Crippen LogP contribution in [0.5, 0.6) is 5.75 Å². The van der Waals surface area contributed by atoms with Gasteiger partial charge < -0.3 is 15.2 Å². The quantitative estimate of drug-likeness (QED) is 0.671. The third-order valence-corrected chi connectivity index (χ3v) is 2.51. The molecule has 0 unspecified atom stereocenters. The van der Waals surface area contributed by atoms with Crippen LogP contribution in [0.25, 0.3) is 0 Å². The van der Waals surface area contributed by atoms with Gasteiger partial charge in [-0.15, -0.1) is 0 Å². The Morgan fingerprint density at radius 1 is 1.12 bits per heavy atom. The maximum absolute atomic E-state index is 5.69. The standard InChI is InChI=1S/C14H23NO2/c1-2-3-10-16-11-12-17-14-7-5-4-6-13(14)8-9-15/h4-7H,2-3,8-12,15H2,1H3. The van der Waals surface area contributed by atoms with Crippen LogP contribution in [-0.2, 0) is 11.2 Å². The smallest absolute Gasteiger partial charge is 0.122 e. The van der Waals surface area contributed by atoms with Crippen molar-refractivity contribution < 1.29 is 9.47 Å². The molecule has 3 heteroatoms. The Labute approximate surface area is 104 Å². The molecule has 1 aromatic carbocycles. The Bertz CT molecular complexity index is 302. The van der Waals surface area contributed by atoms with Gasteiger partial charge in [0.25, 0.3) is 0 Å². The molecule has 0 radical (unpaired) electrons. The van der Waals surface area contributed by atoms with Crippen LogP contribution < -0.4 is 10.5 Å². The minimum absolute atomic E-state index is 0.602. The molecular formula is C14H23NO2. The number of hydrogen-bond donors (Lipinski definition) is 1. The van der Waals surface area contributed by atoms with Crippen molar-refractivity contribution in [3.63, 3.8) is 0 Å². The zero-order chi connectivity index (χ0) is 12.3. The van der Waals surface area contributed by atoms with Gasteiger partial charge in [-0.05, 0) is 31.0 Å². The van der Waals surface area contributed by atoms with Gasteiger partial charge >= 0.3 is 0 Å². The summed E-state index contributed by atoms with van der Waals surface area (Å²) in [6.07, 6.45) is 3.14. The Balaban J connectivity index is 2.25. The Morgan fingerprint density at radius 3 is 2.71 bits per heavy atom. The molecule has 96 valence electrons. The summed E-state index contributed by atoms with van der Waals surface area (Å²) < 4.78 is 11.1. The zero-order valence-electron chi connectivity index (χ0n) is 10.7. The van der Waals surface area contributed by atoms with Crippen molar-refractivity contribution >= 4 is 0 Å². The third kappa shape index (κ3) is 5.71. The number of para-hydroxylation sites is 1. The predicted octanol–water partition coefficient (Wildman–Crippen LogP) is 2.38. The summed E-state index contributed by atoms with van der Waals surface area (Å²) in [6, 6.07) is 8.03. The second-order valence-electron chi connectivity index (χ2n) is 3.96. The molecule has 0 saturated heterocycles. The van der Waals surface area contributed by atoms with Crippen molar-refractivity contribution in [2.75, 3.05) is 26.4 Å². The van der Waals surface area contributed by atoms with E-state index in [1.807, 2.05) is 18.2 Å². The molecule has 0 aromatic heterocycles. The molecule has 2 N–H and O–H groups in total. The number of unbranched alkanes of at least 4 members (excludes halogenated alkanes) is 1. The number of nitrogens with two attached hydrogens (primary N) is 1. The fourth-order valence-electron chi connectivity index (χ4n) is 1.57. The van der Waals surface area contributed by atoms with Crippen LogP contribution in [0.3, 0.4) is 0 Å². The summed E-state index contributed by atoms with van der Waals surface area (Å²) >= 11 is 0. The van der Waals surface area contributed by atoms with E-state index in [1.54, 1.807) is 0 Å². The van der Waals surface area contributed by atoms with E-state index in [-0.39, 0.29) is 0 Å². The lowest BCUT2D eigenvalue weighted by Gasteiger charge is -2.11. The van der Waals surface area contributed by atoms with Crippen molar-refractivity contribution in [2.24, 2.45) is 5.73 Å². The van der Waals surface area contributed by atoms with Crippen LogP contribution in [0.15, 0.2) is 24.3 Å². The molecule has 0 bridgehead atoms. The minimum Gasteiger partial charge on any atom is -0.491 e. The van der Waals surface area contributed by atoms with Crippen LogP contribution in [0.1, 0.15) is 25.3 Å². The predicted molar refractivity (Wildman–Crippen MR) is 70.4 cm³/mol. The lowest BCUT2D eigenvalue weighted by Crippen LogP contribution is -2.10. The maximum Gasteiger partial charge on any atom is 0.122 e. The molecule has 0 spiro atoms. The van der Waals surface area contributed by atoms with E-state index in [9.17, 15) is 0 Å². The summed E-state index contributed by atoms with van der Waals surface area (Å²) in [5.74, 6) is 0.928. The first-order chi connectivity index (χ1) is 8.38. The average Bonchev–Trinajstić information content (AvgIpc) is 2.36. The molecule has 0 heterocycles. The van der Waals surface area contributed by atoms with E-state index in [1.165, 1.54) is 12.0 Å². The molecule has 0 aliphatic carbocycles. The van der Waals surface area contributed by atoms with Gasteiger partial charge in [-0.1, -0.05) is 31.5 Å². The lowest BCUT2D eigenvalue weighted by molar-refractivity contribution is 0.0977. The normalized spacial score (nSPS) is 10.5. The summed E-state index contributed by atoms with van der Waals surface area (Å²) in [5, 5.41) is 0. The Morgan fingerprint density at radius 2 is 1.94 bits per heavy atom. The van der Waals surface area contributed by atoms with Gasteiger partial charge in [0, 0.05) is 6.61 Å². The molecule has 0 amide bonds. The van der Waals surface area contributed by atoms with E-state index < -0.39 is 0 Å². The summed E-state index contributed by atoms with van der Waals surface area (Å²) in [4.78, 5) is 0. The zero-order valence-corrected chi connectivity index (χ0v) is 10.7. The molecule has 0 aliphatic heterocycles. The SMILES string of the molecule is CCCCOCCOc1ccccc1CCN. The van der Waals surface area contributed by atoms with Crippen LogP contribution in [-0.4, -0.2) is 26.4 Å². The molecular weight excluding hydrogens is 214 g/mol. The number of ether oxygens (including phenoxy) is 2. The molecule has 0 saturated carbocycles. The summed E-state index contributed by atoms with van der Waals surface area (Å²) in [5.41, 5.74) is 6.73. The highest BCUT2D eigenvalue weighted by molar-refractivity contribution is 5.33. The number of hydrogen-bond acceptors (Lipinski definition) is 3. The van der Waals surface area contributed by atoms with E-state index in [2.05, 4.69) is 13.0 Å². The topological polar surface area (TPSA) is 44.5 Å². The van der Waals surface area contributed by atoms with Gasteiger partial charge in [0.15, 0.2) is 0 Å². The Kier molecular flexibility index (Phi) is 7.43. The first-order valence-electron chi connectivity index (χ1n) is 6.37. The van der Waals surface area contributed by atoms with Crippen LogP contribution >= 0.6 is 0 Å². The van der Waals surface area contributed by atoms with E-state index >= 15 is 0 Å². The maximum atomic E-state index is 5.69. The highest BCUT2D eigenvalue weighted by Crippen LogP contribution is 2.17. The van der Waals surface area contributed by atoms with Crippen molar-refractivity contribution in [3.8, 4) is 5.75 Å².